The summed E-state index contributed by atoms with van der Waals surface area (Å²) < 4.78 is 44.7. The molecule has 0 spiro atoms. The Morgan fingerprint density at radius 2 is 1.76 bits per heavy atom. The van der Waals surface area contributed by atoms with Crippen LogP contribution in [0.25, 0.3) is 34.3 Å². The van der Waals surface area contributed by atoms with Gasteiger partial charge in [-0.25, -0.2) is 13.8 Å². The van der Waals surface area contributed by atoms with Crippen LogP contribution >= 0.6 is 0 Å². The highest BCUT2D eigenvalue weighted by atomic mass is 32.2. The highest BCUT2D eigenvalue weighted by Gasteiger charge is 2.17. The monoisotopic (exact) mass is 483 g/mol. The molecule has 34 heavy (non-hydrogen) atoms. The van der Waals surface area contributed by atoms with E-state index < -0.39 is 23.3 Å². The number of benzene rings is 2. The second-order valence-corrected chi connectivity index (χ2v) is 9.76. The molecule has 0 aliphatic carbocycles. The van der Waals surface area contributed by atoms with Gasteiger partial charge in [0.2, 0.25) is 0 Å². The summed E-state index contributed by atoms with van der Waals surface area (Å²) in [6.07, 6.45) is 3.09. The van der Waals surface area contributed by atoms with E-state index in [0.717, 1.165) is 10.5 Å². The van der Waals surface area contributed by atoms with Gasteiger partial charge < -0.3 is 9.73 Å². The summed E-state index contributed by atoms with van der Waals surface area (Å²) in [5.74, 6) is -0.396. The van der Waals surface area contributed by atoms with Gasteiger partial charge in [-0.2, -0.15) is 0 Å². The average Bonchev–Trinajstić information content (AvgIpc) is 3.34. The van der Waals surface area contributed by atoms with Crippen LogP contribution in [0, 0.1) is 5.82 Å². The summed E-state index contributed by atoms with van der Waals surface area (Å²) in [7, 11) is -1.07. The molecule has 2 aromatic heterocycles. The van der Waals surface area contributed by atoms with Crippen LogP contribution in [0.5, 0.6) is 0 Å². The van der Waals surface area contributed by atoms with E-state index in [9.17, 15) is 13.0 Å². The van der Waals surface area contributed by atoms with Gasteiger partial charge in [-0.1, -0.05) is 32.0 Å². The number of hydrogen-bond acceptors (Lipinski definition) is 7. The van der Waals surface area contributed by atoms with Crippen LogP contribution in [0.4, 0.5) is 8.78 Å². The fourth-order valence-electron chi connectivity index (χ4n) is 3.22. The minimum Gasteiger partial charge on any atom is -0.414 e. The van der Waals surface area contributed by atoms with E-state index in [-0.39, 0.29) is 29.1 Å². The maximum absolute atomic E-state index is 14.6. The van der Waals surface area contributed by atoms with E-state index in [1.165, 1.54) is 12.3 Å². The largest absolute Gasteiger partial charge is 0.414 e. The normalized spacial score (nSPS) is 12.3. The van der Waals surface area contributed by atoms with Crippen LogP contribution in [-0.4, -0.2) is 42.8 Å². The number of alkyl halides is 1. The minimum atomic E-state index is -1.07. The summed E-state index contributed by atoms with van der Waals surface area (Å²) in [4.78, 5) is 9.50. The zero-order valence-corrected chi connectivity index (χ0v) is 19.5. The topological polar surface area (TPSA) is 93.8 Å². The molecule has 2 aromatic carbocycles. The molecular weight excluding hydrogens is 460 g/mol. The van der Waals surface area contributed by atoms with Crippen LogP contribution in [0.1, 0.15) is 19.4 Å². The van der Waals surface area contributed by atoms with E-state index in [1.807, 2.05) is 38.1 Å². The van der Waals surface area contributed by atoms with Crippen LogP contribution < -0.4 is 5.32 Å². The lowest BCUT2D eigenvalue weighted by atomic mass is 10.1. The molecule has 0 saturated carbocycles. The van der Waals surface area contributed by atoms with Gasteiger partial charge in [0.05, 0.1) is 34.5 Å². The second kappa shape index (κ2) is 10.7. The summed E-state index contributed by atoms with van der Waals surface area (Å²) >= 11 is 0. The number of hydrogen-bond donors (Lipinski definition) is 1. The zero-order chi connectivity index (χ0) is 24.1. The maximum Gasteiger partial charge on any atom is 0.268 e. The Bertz CT molecular complexity index is 1290. The van der Waals surface area contributed by atoms with Crippen molar-refractivity contribution in [2.75, 3.05) is 13.2 Å². The van der Waals surface area contributed by atoms with Crippen molar-refractivity contribution >= 4 is 10.8 Å². The Morgan fingerprint density at radius 1 is 1.03 bits per heavy atom. The molecule has 0 saturated heterocycles. The molecular formula is C24H23F2N5O2S. The molecule has 1 N–H and O–H groups in total. The van der Waals surface area contributed by atoms with Crippen LogP contribution in [0.2, 0.25) is 0 Å². The van der Waals surface area contributed by atoms with Crippen molar-refractivity contribution in [2.45, 2.75) is 30.5 Å². The van der Waals surface area contributed by atoms with Gasteiger partial charge >= 0.3 is 0 Å². The number of halogens is 2. The van der Waals surface area contributed by atoms with Crippen molar-refractivity contribution in [3.8, 4) is 34.3 Å². The zero-order valence-electron chi connectivity index (χ0n) is 18.7. The standard InChI is InChI=1S/C24H23F2N5O2S/c1-15(2)34(32)18-6-4-17(5-7-18)21-13-28-14-22(29-21)24-31-30-23(33-24)19-8-3-16(11-20(19)26)12-27-10-9-25/h3-8,11,13-15,27H,9-10,12H2,1-2H3. The van der Waals surface area contributed by atoms with E-state index in [2.05, 4.69) is 25.5 Å². The second-order valence-electron chi connectivity index (χ2n) is 7.75. The summed E-state index contributed by atoms with van der Waals surface area (Å²) in [5, 5.41) is 10.9. The predicted molar refractivity (Wildman–Crippen MR) is 125 cm³/mol. The third-order valence-electron chi connectivity index (χ3n) is 4.95. The van der Waals surface area contributed by atoms with Crippen molar-refractivity contribution in [1.29, 1.82) is 0 Å². The molecule has 7 nitrogen and oxygen atoms in total. The first-order chi connectivity index (χ1) is 16.5. The molecule has 10 heteroatoms. The molecule has 0 radical (unpaired) electrons. The van der Waals surface area contributed by atoms with Gasteiger partial charge in [0.25, 0.3) is 11.8 Å². The van der Waals surface area contributed by atoms with Crippen LogP contribution in [0.15, 0.2) is 64.2 Å². The van der Waals surface area contributed by atoms with E-state index in [4.69, 9.17) is 4.42 Å². The van der Waals surface area contributed by atoms with Gasteiger partial charge in [-0.3, -0.25) is 9.19 Å². The molecule has 4 aromatic rings. The SMILES string of the molecule is CC(C)S(=O)c1ccc(-c2cncc(-c3nnc(-c4ccc(CNCCF)cc4F)o3)n2)cc1. The Balaban J connectivity index is 1.54. The first-order valence-electron chi connectivity index (χ1n) is 10.7. The summed E-state index contributed by atoms with van der Waals surface area (Å²) in [6, 6.07) is 11.9. The molecule has 0 aliphatic rings. The van der Waals surface area contributed by atoms with Crippen LogP contribution in [-0.2, 0) is 17.3 Å². The Labute approximate surface area is 198 Å². The fourth-order valence-corrected chi connectivity index (χ4v) is 4.17. The van der Waals surface area contributed by atoms with Gasteiger partial charge in [0, 0.05) is 28.8 Å². The first kappa shape index (κ1) is 23.8. The quantitative estimate of drug-likeness (QED) is 0.349. The third-order valence-corrected chi connectivity index (χ3v) is 6.55. The fraction of sp³-hybridized carbons (Fsp3) is 0.250. The predicted octanol–water partition coefficient (Wildman–Crippen LogP) is 4.57. The van der Waals surface area contributed by atoms with Gasteiger partial charge in [-0.15, -0.1) is 10.2 Å². The van der Waals surface area contributed by atoms with Crippen LogP contribution in [0.3, 0.4) is 0 Å². The molecule has 0 aliphatic heterocycles. The first-order valence-corrected chi connectivity index (χ1v) is 11.9. The molecule has 4 rings (SSSR count). The van der Waals surface area contributed by atoms with E-state index in [1.54, 1.807) is 18.3 Å². The third kappa shape index (κ3) is 5.40. The smallest absolute Gasteiger partial charge is 0.268 e. The van der Waals surface area contributed by atoms with Crippen molar-refractivity contribution in [3.05, 3.63) is 66.2 Å². The molecule has 1 atom stereocenters. The lowest BCUT2D eigenvalue weighted by Crippen LogP contribution is -2.16. The molecule has 2 heterocycles. The van der Waals surface area contributed by atoms with Crippen molar-refractivity contribution in [2.24, 2.45) is 0 Å². The van der Waals surface area contributed by atoms with E-state index in [0.29, 0.717) is 23.5 Å². The molecule has 0 amide bonds. The van der Waals surface area contributed by atoms with Crippen molar-refractivity contribution in [3.63, 3.8) is 0 Å². The Morgan fingerprint density at radius 3 is 2.47 bits per heavy atom. The lowest BCUT2D eigenvalue weighted by Gasteiger charge is -2.07. The van der Waals surface area contributed by atoms with Gasteiger partial charge in [-0.05, 0) is 29.8 Å². The highest BCUT2D eigenvalue weighted by Crippen LogP contribution is 2.27. The summed E-state index contributed by atoms with van der Waals surface area (Å²) in [6.45, 7) is 3.89. The van der Waals surface area contributed by atoms with Gasteiger partial charge in [0.1, 0.15) is 18.2 Å². The maximum atomic E-state index is 14.6. The minimum absolute atomic E-state index is 0.0171. The van der Waals surface area contributed by atoms with E-state index >= 15 is 0 Å². The Hall–Kier alpha value is -3.37. The van der Waals surface area contributed by atoms with Crippen molar-refractivity contribution < 1.29 is 17.4 Å². The molecule has 0 fully saturated rings. The lowest BCUT2D eigenvalue weighted by molar-refractivity contribution is 0.466. The van der Waals surface area contributed by atoms with Crippen molar-refractivity contribution in [1.82, 2.24) is 25.5 Å². The average molecular weight is 484 g/mol. The molecule has 176 valence electrons. The highest BCUT2D eigenvalue weighted by molar-refractivity contribution is 7.85. The number of nitrogens with one attached hydrogen (secondary N) is 1. The number of nitrogens with zero attached hydrogens (tertiary/aromatic N) is 4. The molecule has 0 bridgehead atoms. The Kier molecular flexibility index (Phi) is 7.49. The molecule has 1 unspecified atom stereocenters. The number of rotatable bonds is 9. The summed E-state index contributed by atoms with van der Waals surface area (Å²) in [5.41, 5.74) is 2.55. The number of aromatic nitrogens is 4. The van der Waals surface area contributed by atoms with Gasteiger partial charge in [0.15, 0.2) is 0 Å².